The highest BCUT2D eigenvalue weighted by Gasteiger charge is 2.60. The first kappa shape index (κ1) is 33.3. The van der Waals surface area contributed by atoms with E-state index in [0.717, 1.165) is 11.1 Å². The van der Waals surface area contributed by atoms with E-state index in [1.807, 2.05) is 33.9 Å². The molecule has 8 rings (SSSR count). The van der Waals surface area contributed by atoms with Crippen LogP contribution in [-0.4, -0.2) is 90.2 Å². The number of hydrogen-bond acceptors (Lipinski definition) is 13. The van der Waals surface area contributed by atoms with Gasteiger partial charge in [0.25, 0.3) is 0 Å². The van der Waals surface area contributed by atoms with Crippen molar-refractivity contribution in [3.63, 3.8) is 0 Å². The Kier molecular flexibility index (Phi) is 8.57. The SMILES string of the molecule is CCCC(=O)N[C@H]1CS[C@@H]2c3c(OC(C)=O)c(C)c4c(c3[C@H](COC1=O)N1C2[C@H]2c3c(cc(C)c(OC)c3O)C[C@@H]([C@@H]1C#N)N2C)OCO4. The fourth-order valence-corrected chi connectivity index (χ4v) is 10.1. The van der Waals surface area contributed by atoms with Gasteiger partial charge in [0.2, 0.25) is 12.7 Å². The number of carbonyl (C=O) groups excluding carboxylic acids is 3. The maximum absolute atomic E-state index is 13.6. The number of benzene rings is 2. The first-order chi connectivity index (χ1) is 23.5. The van der Waals surface area contributed by atoms with Crippen molar-refractivity contribution in [3.8, 4) is 34.8 Å². The zero-order valence-electron chi connectivity index (χ0n) is 28.3. The van der Waals surface area contributed by atoms with Gasteiger partial charge in [0.15, 0.2) is 23.0 Å². The average Bonchev–Trinajstić information content (AvgIpc) is 3.54. The highest BCUT2D eigenvalue weighted by molar-refractivity contribution is 7.99. The van der Waals surface area contributed by atoms with Gasteiger partial charge in [-0.05, 0) is 44.9 Å². The molecule has 0 aromatic heterocycles. The van der Waals surface area contributed by atoms with Crippen molar-refractivity contribution in [2.45, 2.75) is 88.5 Å². The number of nitrogens with zero attached hydrogens (tertiary/aromatic N) is 3. The van der Waals surface area contributed by atoms with Gasteiger partial charge in [-0.2, -0.15) is 5.26 Å². The number of thioether (sulfide) groups is 1. The van der Waals surface area contributed by atoms with Gasteiger partial charge in [0.05, 0.1) is 30.5 Å². The molecule has 2 N–H and O–H groups in total. The van der Waals surface area contributed by atoms with E-state index in [1.165, 1.54) is 25.8 Å². The molecule has 2 aromatic carbocycles. The van der Waals surface area contributed by atoms with Crippen molar-refractivity contribution in [1.82, 2.24) is 15.1 Å². The van der Waals surface area contributed by atoms with E-state index in [1.54, 1.807) is 0 Å². The summed E-state index contributed by atoms with van der Waals surface area (Å²) in [7, 11) is 3.49. The van der Waals surface area contributed by atoms with Crippen LogP contribution in [0.15, 0.2) is 6.07 Å². The molecule has 0 saturated carbocycles. The molecule has 1 amide bonds. The van der Waals surface area contributed by atoms with Crippen LogP contribution in [0.3, 0.4) is 0 Å². The predicted octanol–water partition coefficient (Wildman–Crippen LogP) is 3.52. The maximum atomic E-state index is 13.6. The Bertz CT molecular complexity index is 1790. The number of likely N-dealkylation sites (N-methyl/N-ethyl adjacent to an activating group) is 1. The molecule has 0 spiro atoms. The lowest BCUT2D eigenvalue weighted by molar-refractivity contribution is -0.152. The molecule has 49 heavy (non-hydrogen) atoms. The van der Waals surface area contributed by atoms with Gasteiger partial charge in [-0.15, -0.1) is 11.8 Å². The molecule has 13 nitrogen and oxygen atoms in total. The standard InChI is InChI=1S/C35H40N4O9S/c1-7-8-23(41)37-19-13-49-34-26-25(33-32(46-14-47-33)16(3)31(26)48-17(4)40)22(12-45-35(19)43)39-21(11-36)20-10-18-9-15(2)30(44-6)29(42)24(18)27(28(34)39)38(20)5/h9,19-22,27-28,34,42H,7-8,10,12-14H2,1-6H3,(H,37,41)/t19-,20-,21-,22-,27+,28?,34+/m0/s1. The molecule has 2 saturated heterocycles. The van der Waals surface area contributed by atoms with E-state index in [-0.39, 0.29) is 43.3 Å². The summed E-state index contributed by atoms with van der Waals surface area (Å²) in [5.41, 5.74) is 4.33. The second-order valence-corrected chi connectivity index (χ2v) is 14.4. The second kappa shape index (κ2) is 12.6. The van der Waals surface area contributed by atoms with Crippen LogP contribution in [0.1, 0.15) is 77.4 Å². The zero-order chi connectivity index (χ0) is 34.9. The van der Waals surface area contributed by atoms with Crippen molar-refractivity contribution in [2.24, 2.45) is 0 Å². The number of methoxy groups -OCH3 is 1. The van der Waals surface area contributed by atoms with Crippen LogP contribution in [0.2, 0.25) is 0 Å². The summed E-state index contributed by atoms with van der Waals surface area (Å²) in [6, 6.07) is 1.04. The third-order valence-electron chi connectivity index (χ3n) is 10.5. The Morgan fingerprint density at radius 1 is 1.16 bits per heavy atom. The van der Waals surface area contributed by atoms with E-state index in [4.69, 9.17) is 23.7 Å². The zero-order valence-corrected chi connectivity index (χ0v) is 29.1. The van der Waals surface area contributed by atoms with Crippen molar-refractivity contribution in [2.75, 3.05) is 33.3 Å². The molecule has 4 bridgehead atoms. The molecule has 2 fully saturated rings. The Labute approximate surface area is 288 Å². The van der Waals surface area contributed by atoms with E-state index >= 15 is 0 Å². The number of ether oxygens (including phenoxy) is 5. The predicted molar refractivity (Wildman–Crippen MR) is 177 cm³/mol. The minimum Gasteiger partial charge on any atom is -0.504 e. The highest BCUT2D eigenvalue weighted by atomic mass is 32.2. The lowest BCUT2D eigenvalue weighted by atomic mass is 9.71. The number of aryl methyl sites for hydroxylation is 1. The number of phenols is 1. The number of aromatic hydroxyl groups is 1. The maximum Gasteiger partial charge on any atom is 0.329 e. The Hall–Kier alpha value is -4.19. The van der Waals surface area contributed by atoms with Gasteiger partial charge in [0, 0.05) is 53.4 Å². The van der Waals surface area contributed by atoms with Crippen molar-refractivity contribution in [3.05, 3.63) is 39.4 Å². The summed E-state index contributed by atoms with van der Waals surface area (Å²) < 4.78 is 29.8. The first-order valence-electron chi connectivity index (χ1n) is 16.5. The summed E-state index contributed by atoms with van der Waals surface area (Å²) in [5, 5.41) is 25.1. The van der Waals surface area contributed by atoms with Crippen LogP contribution in [-0.2, 0) is 25.5 Å². The molecule has 6 aliphatic heterocycles. The van der Waals surface area contributed by atoms with Gasteiger partial charge in [-0.1, -0.05) is 13.0 Å². The Morgan fingerprint density at radius 3 is 2.61 bits per heavy atom. The van der Waals surface area contributed by atoms with Crippen molar-refractivity contribution in [1.29, 1.82) is 5.26 Å². The molecule has 14 heteroatoms. The number of fused-ring (bicyclic) bond motifs is 10. The van der Waals surface area contributed by atoms with Crippen molar-refractivity contribution < 1.29 is 43.2 Å². The lowest BCUT2D eigenvalue weighted by Gasteiger charge is -2.61. The number of phenolic OH excluding ortho intramolecular Hbond substituents is 1. The summed E-state index contributed by atoms with van der Waals surface area (Å²) >= 11 is 1.41. The molecule has 260 valence electrons. The second-order valence-electron chi connectivity index (χ2n) is 13.3. The minimum atomic E-state index is -0.941. The third kappa shape index (κ3) is 5.08. The lowest BCUT2D eigenvalue weighted by Crippen LogP contribution is -2.69. The van der Waals surface area contributed by atoms with E-state index < -0.39 is 47.4 Å². The normalized spacial score (nSPS) is 28.3. The molecule has 6 aliphatic rings. The van der Waals surface area contributed by atoms with Crippen LogP contribution in [0.25, 0.3) is 0 Å². The van der Waals surface area contributed by atoms with Gasteiger partial charge in [-0.3, -0.25) is 19.4 Å². The minimum absolute atomic E-state index is 0.0413. The highest BCUT2D eigenvalue weighted by Crippen LogP contribution is 2.64. The smallest absolute Gasteiger partial charge is 0.329 e. The monoisotopic (exact) mass is 692 g/mol. The molecule has 0 aliphatic carbocycles. The van der Waals surface area contributed by atoms with Crippen LogP contribution < -0.4 is 24.3 Å². The molecule has 0 radical (unpaired) electrons. The Morgan fingerprint density at radius 2 is 1.92 bits per heavy atom. The summed E-state index contributed by atoms with van der Waals surface area (Å²) in [6.45, 7) is 6.70. The molecule has 2 aromatic rings. The molecular formula is C35H40N4O9S. The Balaban J connectivity index is 1.51. The van der Waals surface area contributed by atoms with Crippen LogP contribution >= 0.6 is 11.8 Å². The number of nitriles is 1. The van der Waals surface area contributed by atoms with E-state index in [0.29, 0.717) is 58.1 Å². The number of rotatable bonds is 5. The fraction of sp³-hybridized carbons (Fsp3) is 0.543. The number of nitrogens with one attached hydrogen (secondary N) is 1. The van der Waals surface area contributed by atoms with Gasteiger partial charge in [-0.25, -0.2) is 4.79 Å². The topological polar surface area (TPSA) is 160 Å². The summed E-state index contributed by atoms with van der Waals surface area (Å²) in [4.78, 5) is 43.4. The largest absolute Gasteiger partial charge is 0.504 e. The van der Waals surface area contributed by atoms with E-state index in [2.05, 4.69) is 21.2 Å². The number of hydrogen-bond donors (Lipinski definition) is 2. The number of esters is 2. The van der Waals surface area contributed by atoms with Crippen LogP contribution in [0, 0.1) is 25.2 Å². The average molecular weight is 693 g/mol. The van der Waals surface area contributed by atoms with E-state index in [9.17, 15) is 24.8 Å². The number of amides is 1. The van der Waals surface area contributed by atoms with Gasteiger partial charge in [0.1, 0.15) is 24.4 Å². The third-order valence-corrected chi connectivity index (χ3v) is 11.9. The van der Waals surface area contributed by atoms with Crippen molar-refractivity contribution >= 4 is 29.6 Å². The summed E-state index contributed by atoms with van der Waals surface area (Å²) in [6.07, 6.45) is 1.37. The van der Waals surface area contributed by atoms with Gasteiger partial charge >= 0.3 is 11.9 Å². The van der Waals surface area contributed by atoms with Crippen LogP contribution in [0.5, 0.6) is 28.7 Å². The van der Waals surface area contributed by atoms with Crippen LogP contribution in [0.4, 0.5) is 0 Å². The molecule has 1 unspecified atom stereocenters. The number of piperazine rings is 1. The molecule has 6 heterocycles. The molecular weight excluding hydrogens is 652 g/mol. The number of carbonyl (C=O) groups is 3. The van der Waals surface area contributed by atoms with Gasteiger partial charge < -0.3 is 34.1 Å². The summed E-state index contributed by atoms with van der Waals surface area (Å²) in [5.74, 6) is 0.420. The molecule has 7 atom stereocenters. The first-order valence-corrected chi connectivity index (χ1v) is 17.6. The quantitative estimate of drug-likeness (QED) is 0.347. The fourth-order valence-electron chi connectivity index (χ4n) is 8.56.